The van der Waals surface area contributed by atoms with E-state index in [1.807, 2.05) is 44.2 Å². The van der Waals surface area contributed by atoms with Gasteiger partial charge in [-0.15, -0.1) is 0 Å². The number of rotatable bonds is 3. The molecule has 0 saturated carbocycles. The molecule has 0 bridgehead atoms. The third-order valence-corrected chi connectivity index (χ3v) is 3.53. The summed E-state index contributed by atoms with van der Waals surface area (Å²) in [4.78, 5) is 13.8. The Morgan fingerprint density at radius 3 is 2.65 bits per heavy atom. The molecule has 2 rings (SSSR count). The van der Waals surface area contributed by atoms with Crippen LogP contribution in [0, 0.1) is 0 Å². The van der Waals surface area contributed by atoms with Gasteiger partial charge < -0.3 is 9.47 Å². The third kappa shape index (κ3) is 3.61. The van der Waals surface area contributed by atoms with Gasteiger partial charge in [0, 0.05) is 13.1 Å². The van der Waals surface area contributed by atoms with Crippen LogP contribution in [0.1, 0.15) is 19.4 Å². The van der Waals surface area contributed by atoms with Crippen molar-refractivity contribution in [3.63, 3.8) is 0 Å². The first-order valence-electron chi connectivity index (χ1n) is 6.82. The first-order valence-corrected chi connectivity index (χ1v) is 6.82. The molecular formula is C16H21NO3. The second-order valence-electron chi connectivity index (χ2n) is 4.99. The number of cyclic esters (lactones) is 1. The highest BCUT2D eigenvalue weighted by atomic mass is 16.5. The average Bonchev–Trinajstić information content (AvgIpc) is 2.57. The van der Waals surface area contributed by atoms with Crippen LogP contribution in [0.25, 0.3) is 0 Å². The van der Waals surface area contributed by atoms with E-state index in [1.165, 1.54) is 0 Å². The van der Waals surface area contributed by atoms with Crippen LogP contribution in [0.15, 0.2) is 35.9 Å². The molecule has 1 aromatic rings. The standard InChI is InChI=1S/C16H21NO3/c1-4-14-10-17(11-16(18)20-12(14)2)9-13-5-7-15(19-3)8-6-13/h4-8,12H,9-11H2,1-3H3/b14-4+/t12-/m0/s1. The number of ether oxygens (including phenoxy) is 2. The Morgan fingerprint density at radius 1 is 1.35 bits per heavy atom. The zero-order valence-electron chi connectivity index (χ0n) is 12.3. The van der Waals surface area contributed by atoms with Gasteiger partial charge in [0.2, 0.25) is 0 Å². The molecule has 20 heavy (non-hydrogen) atoms. The topological polar surface area (TPSA) is 38.8 Å². The van der Waals surface area contributed by atoms with Crippen molar-refractivity contribution < 1.29 is 14.3 Å². The fourth-order valence-electron chi connectivity index (χ4n) is 2.36. The molecule has 4 heteroatoms. The van der Waals surface area contributed by atoms with Crippen LogP contribution in [0.4, 0.5) is 0 Å². The molecule has 0 spiro atoms. The zero-order valence-corrected chi connectivity index (χ0v) is 12.3. The van der Waals surface area contributed by atoms with Crippen molar-refractivity contribution in [1.82, 2.24) is 4.90 Å². The minimum atomic E-state index is -0.164. The van der Waals surface area contributed by atoms with Gasteiger partial charge >= 0.3 is 5.97 Å². The number of methoxy groups -OCH3 is 1. The van der Waals surface area contributed by atoms with Gasteiger partial charge in [0.25, 0.3) is 0 Å². The predicted octanol–water partition coefficient (Wildman–Crippen LogP) is 2.39. The number of allylic oxidation sites excluding steroid dienone is 1. The quantitative estimate of drug-likeness (QED) is 0.627. The lowest BCUT2D eigenvalue weighted by Crippen LogP contribution is -2.29. The van der Waals surface area contributed by atoms with Crippen molar-refractivity contribution in [2.24, 2.45) is 0 Å². The van der Waals surface area contributed by atoms with Crippen LogP contribution in [0.5, 0.6) is 5.75 Å². The van der Waals surface area contributed by atoms with E-state index in [2.05, 4.69) is 4.90 Å². The van der Waals surface area contributed by atoms with Gasteiger partial charge in [0.1, 0.15) is 11.9 Å². The molecule has 108 valence electrons. The lowest BCUT2D eigenvalue weighted by Gasteiger charge is -2.19. The number of nitrogens with zero attached hydrogens (tertiary/aromatic N) is 1. The Morgan fingerprint density at radius 2 is 2.05 bits per heavy atom. The minimum absolute atomic E-state index is 0.131. The SMILES string of the molecule is C/C=C1\CN(Cc2ccc(OC)cc2)CC(=O)O[C@H]1C. The van der Waals surface area contributed by atoms with Crippen molar-refractivity contribution in [2.45, 2.75) is 26.5 Å². The first-order chi connectivity index (χ1) is 9.62. The highest BCUT2D eigenvalue weighted by Gasteiger charge is 2.23. The third-order valence-electron chi connectivity index (χ3n) is 3.53. The first kappa shape index (κ1) is 14.6. The smallest absolute Gasteiger partial charge is 0.320 e. The summed E-state index contributed by atoms with van der Waals surface area (Å²) in [5.41, 5.74) is 2.30. The molecule has 4 nitrogen and oxygen atoms in total. The van der Waals surface area contributed by atoms with E-state index in [1.54, 1.807) is 7.11 Å². The van der Waals surface area contributed by atoms with E-state index >= 15 is 0 Å². The number of hydrogen-bond donors (Lipinski definition) is 0. The number of esters is 1. The van der Waals surface area contributed by atoms with Crippen LogP contribution in [0.2, 0.25) is 0 Å². The van der Waals surface area contributed by atoms with Crippen molar-refractivity contribution in [3.8, 4) is 5.75 Å². The summed E-state index contributed by atoms with van der Waals surface area (Å²) in [6, 6.07) is 7.91. The second kappa shape index (κ2) is 6.57. The molecule has 0 aliphatic carbocycles. The van der Waals surface area contributed by atoms with Gasteiger partial charge in [-0.3, -0.25) is 9.69 Å². The minimum Gasteiger partial charge on any atom is -0.497 e. The summed E-state index contributed by atoms with van der Waals surface area (Å²) in [6.07, 6.45) is 1.90. The maximum Gasteiger partial charge on any atom is 0.320 e. The Bertz CT molecular complexity index is 493. The van der Waals surface area contributed by atoms with Crippen molar-refractivity contribution in [2.75, 3.05) is 20.2 Å². The fraction of sp³-hybridized carbons (Fsp3) is 0.438. The maximum atomic E-state index is 11.7. The molecule has 1 aliphatic heterocycles. The molecule has 1 aromatic carbocycles. The van der Waals surface area contributed by atoms with Gasteiger partial charge in [-0.05, 0) is 37.1 Å². The van der Waals surface area contributed by atoms with E-state index in [4.69, 9.17) is 9.47 Å². The monoisotopic (exact) mass is 275 g/mol. The van der Waals surface area contributed by atoms with Crippen molar-refractivity contribution >= 4 is 5.97 Å². The number of benzene rings is 1. The fourth-order valence-corrected chi connectivity index (χ4v) is 2.36. The maximum absolute atomic E-state index is 11.7. The van der Waals surface area contributed by atoms with E-state index in [-0.39, 0.29) is 12.1 Å². The van der Waals surface area contributed by atoms with E-state index in [0.717, 1.165) is 30.0 Å². The Balaban J connectivity index is 2.08. The second-order valence-corrected chi connectivity index (χ2v) is 4.99. The Kier molecular flexibility index (Phi) is 4.79. The van der Waals surface area contributed by atoms with E-state index < -0.39 is 0 Å². The van der Waals surface area contributed by atoms with Gasteiger partial charge in [-0.25, -0.2) is 0 Å². The van der Waals surface area contributed by atoms with Crippen LogP contribution < -0.4 is 4.74 Å². The number of carbonyl (C=O) groups is 1. The molecule has 1 atom stereocenters. The molecule has 1 heterocycles. The summed E-state index contributed by atoms with van der Waals surface area (Å²) < 4.78 is 10.5. The van der Waals surface area contributed by atoms with Gasteiger partial charge in [-0.2, -0.15) is 0 Å². The van der Waals surface area contributed by atoms with Crippen LogP contribution in [-0.2, 0) is 16.1 Å². The molecule has 0 N–H and O–H groups in total. The van der Waals surface area contributed by atoms with Gasteiger partial charge in [-0.1, -0.05) is 18.2 Å². The van der Waals surface area contributed by atoms with Crippen LogP contribution in [0.3, 0.4) is 0 Å². The Labute approximate surface area is 120 Å². The molecule has 0 amide bonds. The lowest BCUT2D eigenvalue weighted by molar-refractivity contribution is -0.146. The number of hydrogen-bond acceptors (Lipinski definition) is 4. The van der Waals surface area contributed by atoms with Gasteiger partial charge in [0.15, 0.2) is 0 Å². The summed E-state index contributed by atoms with van der Waals surface area (Å²) >= 11 is 0. The summed E-state index contributed by atoms with van der Waals surface area (Å²) in [7, 11) is 1.65. The largest absolute Gasteiger partial charge is 0.497 e. The molecule has 0 aromatic heterocycles. The molecule has 1 aliphatic rings. The zero-order chi connectivity index (χ0) is 14.5. The summed E-state index contributed by atoms with van der Waals surface area (Å²) in [5.74, 6) is 0.676. The van der Waals surface area contributed by atoms with Crippen molar-refractivity contribution in [1.29, 1.82) is 0 Å². The van der Waals surface area contributed by atoms with Gasteiger partial charge in [0.05, 0.1) is 13.7 Å². The highest BCUT2D eigenvalue weighted by Crippen LogP contribution is 2.18. The molecule has 1 saturated heterocycles. The number of carbonyl (C=O) groups excluding carboxylic acids is 1. The average molecular weight is 275 g/mol. The summed E-state index contributed by atoms with van der Waals surface area (Å²) in [6.45, 7) is 5.72. The highest BCUT2D eigenvalue weighted by molar-refractivity contribution is 5.72. The molecule has 1 fully saturated rings. The lowest BCUT2D eigenvalue weighted by atomic mass is 10.1. The Hall–Kier alpha value is -1.81. The summed E-state index contributed by atoms with van der Waals surface area (Å²) in [5, 5.41) is 0. The van der Waals surface area contributed by atoms with E-state index in [9.17, 15) is 4.79 Å². The van der Waals surface area contributed by atoms with Crippen LogP contribution >= 0.6 is 0 Å². The van der Waals surface area contributed by atoms with Crippen molar-refractivity contribution in [3.05, 3.63) is 41.5 Å². The molecular weight excluding hydrogens is 254 g/mol. The molecule has 0 unspecified atom stereocenters. The van der Waals surface area contributed by atoms with Crippen LogP contribution in [-0.4, -0.2) is 37.2 Å². The molecule has 0 radical (unpaired) electrons. The van der Waals surface area contributed by atoms with E-state index in [0.29, 0.717) is 6.54 Å². The normalized spacial score (nSPS) is 22.4. The predicted molar refractivity (Wildman–Crippen MR) is 77.6 cm³/mol.